The Kier molecular flexibility index (Phi) is 9.01. The van der Waals surface area contributed by atoms with Crippen molar-refractivity contribution in [1.82, 2.24) is 24.7 Å². The van der Waals surface area contributed by atoms with Gasteiger partial charge in [0.05, 0.1) is 17.8 Å². The number of amides is 2. The van der Waals surface area contributed by atoms with E-state index in [1.165, 1.54) is 0 Å². The van der Waals surface area contributed by atoms with Gasteiger partial charge in [0.1, 0.15) is 23.6 Å². The third-order valence-corrected chi connectivity index (χ3v) is 8.89. The molecule has 11 heteroatoms. The normalized spacial score (nSPS) is 23.5. The zero-order valence-corrected chi connectivity index (χ0v) is 24.0. The summed E-state index contributed by atoms with van der Waals surface area (Å²) in [6.45, 7) is 2.83. The molecule has 2 amide bonds. The number of nitrogens with zero attached hydrogens (tertiary/aromatic N) is 4. The first-order valence-corrected chi connectivity index (χ1v) is 15.1. The number of likely N-dealkylation sites (tertiary alicyclic amines) is 1. The highest BCUT2D eigenvalue weighted by Gasteiger charge is 2.42. The van der Waals surface area contributed by atoms with Gasteiger partial charge < -0.3 is 29.5 Å². The molecule has 4 heterocycles. The number of ether oxygens (including phenoxy) is 1. The maximum atomic E-state index is 15.1. The van der Waals surface area contributed by atoms with Gasteiger partial charge in [-0.15, -0.1) is 0 Å². The molecule has 2 N–H and O–H groups in total. The fourth-order valence-corrected chi connectivity index (χ4v) is 6.57. The Balaban J connectivity index is 1.48. The Bertz CT molecular complexity index is 1400. The van der Waals surface area contributed by atoms with E-state index in [9.17, 15) is 14.3 Å². The third kappa shape index (κ3) is 6.58. The van der Waals surface area contributed by atoms with Crippen LogP contribution in [0, 0.1) is 23.5 Å². The minimum Gasteiger partial charge on any atom is -0.391 e. The smallest absolute Gasteiger partial charge is 0.320 e. The number of hydrogen-bond acceptors (Lipinski definition) is 5. The van der Waals surface area contributed by atoms with E-state index >= 15 is 8.78 Å². The van der Waals surface area contributed by atoms with Crippen LogP contribution in [0.2, 0.25) is 0 Å². The number of aliphatic hydroxyl groups is 1. The SMILES string of the molecule is O=C(N1CC[C@H](O)C1)N(C[C@@H]1CNC[C@@H]1F)[C@@H](c1nc(-c2cc(F)ccc2F)cn1Cc1ccccc1)C1CCOCC1. The van der Waals surface area contributed by atoms with Gasteiger partial charge in [-0.3, -0.25) is 0 Å². The molecule has 1 aromatic heterocycles. The van der Waals surface area contributed by atoms with Gasteiger partial charge in [0.15, 0.2) is 0 Å². The molecule has 4 atom stereocenters. The lowest BCUT2D eigenvalue weighted by atomic mass is 9.89. The molecule has 8 nitrogen and oxygen atoms in total. The first-order chi connectivity index (χ1) is 20.9. The molecule has 3 aromatic rings. The van der Waals surface area contributed by atoms with Gasteiger partial charge in [-0.1, -0.05) is 30.3 Å². The molecule has 0 bridgehead atoms. The van der Waals surface area contributed by atoms with Crippen molar-refractivity contribution < 1.29 is 27.8 Å². The summed E-state index contributed by atoms with van der Waals surface area (Å²) in [6.07, 6.45) is 1.77. The number of carbonyl (C=O) groups is 1. The third-order valence-electron chi connectivity index (χ3n) is 8.89. The second-order valence-corrected chi connectivity index (χ2v) is 11.9. The number of imidazole rings is 1. The summed E-state index contributed by atoms with van der Waals surface area (Å²) in [5, 5.41) is 13.4. The molecule has 3 aliphatic rings. The molecule has 230 valence electrons. The fourth-order valence-electron chi connectivity index (χ4n) is 6.57. The standard InChI is InChI=1S/C32H38F3N5O3/c33-24-6-7-27(34)26(14-24)29-20-39(17-21-4-2-1-3-5-21)31(37-29)30(22-9-12-43-13-10-22)40(18-23-15-36-16-28(23)35)32(42)38-11-8-25(41)19-38/h1-7,14,20,22-23,25,28,30,36,41H,8-13,15-19H2/t23-,25-,28-,30+/m0/s1. The largest absolute Gasteiger partial charge is 0.391 e. The lowest BCUT2D eigenvalue weighted by Gasteiger charge is -2.41. The summed E-state index contributed by atoms with van der Waals surface area (Å²) >= 11 is 0. The molecule has 43 heavy (non-hydrogen) atoms. The molecule has 2 aromatic carbocycles. The van der Waals surface area contributed by atoms with Crippen LogP contribution in [-0.2, 0) is 11.3 Å². The number of halogens is 3. The highest BCUT2D eigenvalue weighted by atomic mass is 19.1. The molecule has 0 radical (unpaired) electrons. The number of hydrogen-bond donors (Lipinski definition) is 2. The maximum Gasteiger partial charge on any atom is 0.320 e. The molecule has 6 rings (SSSR count). The number of β-amino-alcohol motifs (C(OH)–C–C–N with tert-alkyl or cyclic N) is 1. The van der Waals surface area contributed by atoms with Crippen molar-refractivity contribution in [2.45, 2.75) is 44.1 Å². The van der Waals surface area contributed by atoms with Crippen molar-refractivity contribution >= 4 is 6.03 Å². The first-order valence-electron chi connectivity index (χ1n) is 15.1. The molecular formula is C32H38F3N5O3. The zero-order valence-electron chi connectivity index (χ0n) is 24.0. The molecule has 0 aliphatic carbocycles. The summed E-state index contributed by atoms with van der Waals surface area (Å²) in [5.74, 6) is -1.14. The lowest BCUT2D eigenvalue weighted by Crippen LogP contribution is -2.50. The first kappa shape index (κ1) is 29.7. The Labute approximate surface area is 249 Å². The Morgan fingerprint density at radius 1 is 1.12 bits per heavy atom. The highest BCUT2D eigenvalue weighted by Crippen LogP contribution is 2.39. The summed E-state index contributed by atoms with van der Waals surface area (Å²) in [4.78, 5) is 22.6. The van der Waals surface area contributed by atoms with E-state index in [-0.39, 0.29) is 42.8 Å². The van der Waals surface area contributed by atoms with Crippen molar-refractivity contribution in [3.63, 3.8) is 0 Å². The van der Waals surface area contributed by atoms with Crippen LogP contribution in [0.1, 0.15) is 36.7 Å². The van der Waals surface area contributed by atoms with Crippen molar-refractivity contribution in [2.75, 3.05) is 45.9 Å². The van der Waals surface area contributed by atoms with Crippen LogP contribution in [0.15, 0.2) is 54.7 Å². The minimum absolute atomic E-state index is 0.0307. The zero-order chi connectivity index (χ0) is 29.9. The summed E-state index contributed by atoms with van der Waals surface area (Å²) < 4.78 is 52.0. The number of alkyl halides is 1. The van der Waals surface area contributed by atoms with Gasteiger partial charge >= 0.3 is 6.03 Å². The summed E-state index contributed by atoms with van der Waals surface area (Å²) in [5.41, 5.74) is 1.26. The average Bonchev–Trinajstić information content (AvgIpc) is 3.75. The quantitative estimate of drug-likeness (QED) is 0.403. The average molecular weight is 598 g/mol. The molecule has 3 fully saturated rings. The van der Waals surface area contributed by atoms with Crippen molar-refractivity contribution in [3.05, 3.63) is 77.8 Å². The van der Waals surface area contributed by atoms with E-state index in [2.05, 4.69) is 5.32 Å². The van der Waals surface area contributed by atoms with Crippen LogP contribution in [-0.4, -0.2) is 88.7 Å². The van der Waals surface area contributed by atoms with Crippen LogP contribution in [0.4, 0.5) is 18.0 Å². The van der Waals surface area contributed by atoms with Crippen LogP contribution < -0.4 is 5.32 Å². The monoisotopic (exact) mass is 597 g/mol. The molecule has 0 unspecified atom stereocenters. The predicted octanol–water partition coefficient (Wildman–Crippen LogP) is 4.39. The Morgan fingerprint density at radius 2 is 1.91 bits per heavy atom. The van der Waals surface area contributed by atoms with Crippen molar-refractivity contribution in [3.8, 4) is 11.3 Å². The number of aromatic nitrogens is 2. The van der Waals surface area contributed by atoms with E-state index in [0.717, 1.165) is 23.8 Å². The van der Waals surface area contributed by atoms with Crippen molar-refractivity contribution in [1.29, 1.82) is 0 Å². The maximum absolute atomic E-state index is 15.1. The van der Waals surface area contributed by atoms with E-state index in [4.69, 9.17) is 9.72 Å². The summed E-state index contributed by atoms with van der Waals surface area (Å²) in [6, 6.07) is 12.1. The molecule has 3 aliphatic heterocycles. The number of benzene rings is 2. The van der Waals surface area contributed by atoms with Crippen LogP contribution in [0.3, 0.4) is 0 Å². The molecular weight excluding hydrogens is 559 g/mol. The summed E-state index contributed by atoms with van der Waals surface area (Å²) in [7, 11) is 0. The second kappa shape index (κ2) is 13.1. The number of carbonyl (C=O) groups excluding carboxylic acids is 1. The lowest BCUT2D eigenvalue weighted by molar-refractivity contribution is 0.0208. The topological polar surface area (TPSA) is 82.9 Å². The van der Waals surface area contributed by atoms with Crippen LogP contribution >= 0.6 is 0 Å². The predicted molar refractivity (Wildman–Crippen MR) is 155 cm³/mol. The van der Waals surface area contributed by atoms with Crippen molar-refractivity contribution in [2.24, 2.45) is 11.8 Å². The molecule has 3 saturated heterocycles. The van der Waals surface area contributed by atoms with E-state index in [1.807, 2.05) is 34.9 Å². The van der Waals surface area contributed by atoms with Gasteiger partial charge in [-0.2, -0.15) is 0 Å². The molecule has 0 spiro atoms. The van der Waals surface area contributed by atoms with E-state index in [0.29, 0.717) is 57.9 Å². The van der Waals surface area contributed by atoms with Crippen LogP contribution in [0.5, 0.6) is 0 Å². The van der Waals surface area contributed by atoms with E-state index < -0.39 is 35.9 Å². The number of nitrogens with one attached hydrogen (secondary N) is 1. The van der Waals surface area contributed by atoms with E-state index in [1.54, 1.807) is 16.0 Å². The second-order valence-electron chi connectivity index (χ2n) is 11.9. The molecule has 0 saturated carbocycles. The number of rotatable bonds is 8. The number of aliphatic hydroxyl groups excluding tert-OH is 1. The Hall–Kier alpha value is -3.41. The van der Waals surface area contributed by atoms with Gasteiger partial charge in [-0.25, -0.2) is 22.9 Å². The Morgan fingerprint density at radius 3 is 2.60 bits per heavy atom. The van der Waals surface area contributed by atoms with Gasteiger partial charge in [0.2, 0.25) is 0 Å². The minimum atomic E-state index is -1.11. The van der Waals surface area contributed by atoms with Crippen LogP contribution in [0.25, 0.3) is 11.3 Å². The fraction of sp³-hybridized carbons (Fsp3) is 0.500. The highest BCUT2D eigenvalue weighted by molar-refractivity contribution is 5.75. The van der Waals surface area contributed by atoms with Gasteiger partial charge in [-0.05, 0) is 48.9 Å². The van der Waals surface area contributed by atoms with Gasteiger partial charge in [0, 0.05) is 70.2 Å². The number of urea groups is 1. The van der Waals surface area contributed by atoms with Gasteiger partial charge in [0.25, 0.3) is 0 Å².